The maximum atomic E-state index is 12.6. The number of hydrogen-bond acceptors (Lipinski definition) is 3. The summed E-state index contributed by atoms with van der Waals surface area (Å²) in [7, 11) is -3.62. The SMILES string of the molecule is CCOc1cc(C)c(C(C)C)cc1S(=O)(=O)NC(C)(C)C. The van der Waals surface area contributed by atoms with E-state index in [1.165, 1.54) is 0 Å². The van der Waals surface area contributed by atoms with Gasteiger partial charge in [0, 0.05) is 5.54 Å². The molecule has 0 saturated heterocycles. The first-order valence-corrected chi connectivity index (χ1v) is 8.77. The van der Waals surface area contributed by atoms with E-state index in [9.17, 15) is 8.42 Å². The van der Waals surface area contributed by atoms with Crippen molar-refractivity contribution in [3.05, 3.63) is 23.3 Å². The van der Waals surface area contributed by atoms with E-state index in [1.54, 1.807) is 6.07 Å². The zero-order valence-electron chi connectivity index (χ0n) is 14.1. The van der Waals surface area contributed by atoms with Crippen molar-refractivity contribution in [1.82, 2.24) is 4.72 Å². The predicted octanol–water partition coefficient (Wildman–Crippen LogP) is 3.59. The van der Waals surface area contributed by atoms with Gasteiger partial charge in [0.15, 0.2) is 0 Å². The van der Waals surface area contributed by atoms with Gasteiger partial charge in [-0.15, -0.1) is 0 Å². The average Bonchev–Trinajstić information content (AvgIpc) is 2.25. The molecule has 0 aromatic heterocycles. The number of rotatable bonds is 5. The minimum absolute atomic E-state index is 0.216. The van der Waals surface area contributed by atoms with Gasteiger partial charge in [-0.05, 0) is 63.8 Å². The summed E-state index contributed by atoms with van der Waals surface area (Å²) in [5, 5.41) is 0. The molecule has 0 aliphatic heterocycles. The third kappa shape index (κ3) is 4.71. The van der Waals surface area contributed by atoms with Crippen LogP contribution in [0.4, 0.5) is 0 Å². The highest BCUT2D eigenvalue weighted by Crippen LogP contribution is 2.31. The van der Waals surface area contributed by atoms with Crippen molar-refractivity contribution in [2.45, 2.75) is 64.8 Å². The Labute approximate surface area is 129 Å². The van der Waals surface area contributed by atoms with Gasteiger partial charge in [-0.2, -0.15) is 0 Å². The molecular weight excluding hydrogens is 286 g/mol. The van der Waals surface area contributed by atoms with Crippen LogP contribution < -0.4 is 9.46 Å². The van der Waals surface area contributed by atoms with Crippen molar-refractivity contribution in [3.63, 3.8) is 0 Å². The van der Waals surface area contributed by atoms with E-state index in [4.69, 9.17) is 4.74 Å². The highest BCUT2D eigenvalue weighted by atomic mass is 32.2. The fraction of sp³-hybridized carbons (Fsp3) is 0.625. The van der Waals surface area contributed by atoms with Gasteiger partial charge in [-0.3, -0.25) is 0 Å². The lowest BCUT2D eigenvalue weighted by Crippen LogP contribution is -2.40. The fourth-order valence-corrected chi connectivity index (χ4v) is 3.82. The summed E-state index contributed by atoms with van der Waals surface area (Å²) in [4.78, 5) is 0.216. The number of nitrogens with one attached hydrogen (secondary N) is 1. The van der Waals surface area contributed by atoms with Crippen LogP contribution in [0.15, 0.2) is 17.0 Å². The van der Waals surface area contributed by atoms with Crippen molar-refractivity contribution in [2.75, 3.05) is 6.61 Å². The van der Waals surface area contributed by atoms with Gasteiger partial charge < -0.3 is 4.74 Å². The molecule has 0 radical (unpaired) electrons. The van der Waals surface area contributed by atoms with E-state index in [0.29, 0.717) is 12.4 Å². The standard InChI is InChI=1S/C16H27NO3S/c1-8-20-14-9-12(4)13(11(2)3)10-15(14)21(18,19)17-16(5,6)7/h9-11,17H,8H2,1-7H3. The van der Waals surface area contributed by atoms with Crippen LogP contribution in [-0.4, -0.2) is 20.6 Å². The van der Waals surface area contributed by atoms with Gasteiger partial charge in [0.2, 0.25) is 10.0 Å². The molecule has 0 unspecified atom stereocenters. The zero-order chi connectivity index (χ0) is 16.4. The summed E-state index contributed by atoms with van der Waals surface area (Å²) in [5.74, 6) is 0.667. The second kappa shape index (κ2) is 6.36. The Morgan fingerprint density at radius 3 is 2.24 bits per heavy atom. The second-order valence-electron chi connectivity index (χ2n) is 6.60. The quantitative estimate of drug-likeness (QED) is 0.903. The molecule has 1 N–H and O–H groups in total. The third-order valence-electron chi connectivity index (χ3n) is 2.98. The minimum atomic E-state index is -3.62. The first kappa shape index (κ1) is 18.0. The summed E-state index contributed by atoms with van der Waals surface area (Å²) in [6, 6.07) is 3.55. The molecule has 120 valence electrons. The lowest BCUT2D eigenvalue weighted by Gasteiger charge is -2.23. The molecular formula is C16H27NO3S. The highest BCUT2D eigenvalue weighted by molar-refractivity contribution is 7.89. The molecule has 1 rings (SSSR count). The fourth-order valence-electron chi connectivity index (χ4n) is 2.24. The Hall–Kier alpha value is -1.07. The van der Waals surface area contributed by atoms with Gasteiger partial charge in [0.05, 0.1) is 6.61 Å². The van der Waals surface area contributed by atoms with Crippen LogP contribution in [0.25, 0.3) is 0 Å². The predicted molar refractivity (Wildman–Crippen MR) is 86.5 cm³/mol. The van der Waals surface area contributed by atoms with Gasteiger partial charge in [-0.1, -0.05) is 13.8 Å². The first-order chi connectivity index (χ1) is 9.48. The van der Waals surface area contributed by atoms with E-state index in [2.05, 4.69) is 18.6 Å². The maximum absolute atomic E-state index is 12.6. The van der Waals surface area contributed by atoms with Crippen molar-refractivity contribution in [2.24, 2.45) is 0 Å². The van der Waals surface area contributed by atoms with Crippen LogP contribution in [0, 0.1) is 6.92 Å². The normalized spacial score (nSPS) is 12.8. The van der Waals surface area contributed by atoms with Gasteiger partial charge >= 0.3 is 0 Å². The highest BCUT2D eigenvalue weighted by Gasteiger charge is 2.26. The molecule has 0 saturated carbocycles. The van der Waals surface area contributed by atoms with E-state index in [-0.39, 0.29) is 10.8 Å². The molecule has 0 fully saturated rings. The molecule has 0 spiro atoms. The van der Waals surface area contributed by atoms with E-state index >= 15 is 0 Å². The molecule has 5 heteroatoms. The van der Waals surface area contributed by atoms with Crippen LogP contribution in [-0.2, 0) is 10.0 Å². The number of aryl methyl sites for hydroxylation is 1. The topological polar surface area (TPSA) is 55.4 Å². The van der Waals surface area contributed by atoms with Gasteiger partial charge in [0.1, 0.15) is 10.6 Å². The lowest BCUT2D eigenvalue weighted by molar-refractivity contribution is 0.330. The van der Waals surface area contributed by atoms with Crippen molar-refractivity contribution in [1.29, 1.82) is 0 Å². The molecule has 0 aliphatic rings. The van der Waals surface area contributed by atoms with Crippen LogP contribution in [0.2, 0.25) is 0 Å². The van der Waals surface area contributed by atoms with Gasteiger partial charge in [-0.25, -0.2) is 13.1 Å². The van der Waals surface area contributed by atoms with Crippen LogP contribution in [0.1, 0.15) is 58.6 Å². The molecule has 1 aromatic rings. The summed E-state index contributed by atoms with van der Waals surface area (Å²) in [6.07, 6.45) is 0. The lowest BCUT2D eigenvalue weighted by atomic mass is 9.98. The van der Waals surface area contributed by atoms with E-state index in [1.807, 2.05) is 40.7 Å². The summed E-state index contributed by atoms with van der Waals surface area (Å²) >= 11 is 0. The maximum Gasteiger partial charge on any atom is 0.244 e. The molecule has 0 aliphatic carbocycles. The zero-order valence-corrected chi connectivity index (χ0v) is 14.9. The Balaban J connectivity index is 3.47. The number of ether oxygens (including phenoxy) is 1. The van der Waals surface area contributed by atoms with Crippen molar-refractivity contribution >= 4 is 10.0 Å². The first-order valence-electron chi connectivity index (χ1n) is 7.29. The van der Waals surface area contributed by atoms with Crippen molar-refractivity contribution < 1.29 is 13.2 Å². The van der Waals surface area contributed by atoms with E-state index in [0.717, 1.165) is 11.1 Å². The molecule has 4 nitrogen and oxygen atoms in total. The molecule has 21 heavy (non-hydrogen) atoms. The van der Waals surface area contributed by atoms with E-state index < -0.39 is 15.6 Å². The Kier molecular flexibility index (Phi) is 5.45. The van der Waals surface area contributed by atoms with Crippen LogP contribution in [0.5, 0.6) is 5.75 Å². The number of hydrogen-bond donors (Lipinski definition) is 1. The number of benzene rings is 1. The number of sulfonamides is 1. The Morgan fingerprint density at radius 2 is 1.81 bits per heavy atom. The summed E-state index contributed by atoms with van der Waals surface area (Å²) < 4.78 is 33.5. The van der Waals surface area contributed by atoms with Crippen LogP contribution >= 0.6 is 0 Å². The average molecular weight is 313 g/mol. The molecule has 1 aromatic carbocycles. The van der Waals surface area contributed by atoms with Gasteiger partial charge in [0.25, 0.3) is 0 Å². The summed E-state index contributed by atoms with van der Waals surface area (Å²) in [6.45, 7) is 13.8. The van der Waals surface area contributed by atoms with Crippen LogP contribution in [0.3, 0.4) is 0 Å². The Bertz CT molecular complexity index is 599. The Morgan fingerprint density at radius 1 is 1.24 bits per heavy atom. The molecule has 0 amide bonds. The second-order valence-corrected chi connectivity index (χ2v) is 8.25. The third-order valence-corrected chi connectivity index (χ3v) is 4.76. The largest absolute Gasteiger partial charge is 0.492 e. The molecule has 0 atom stereocenters. The monoisotopic (exact) mass is 313 g/mol. The van der Waals surface area contributed by atoms with Crippen molar-refractivity contribution in [3.8, 4) is 5.75 Å². The summed E-state index contributed by atoms with van der Waals surface area (Å²) in [5.41, 5.74) is 1.53. The molecule has 0 heterocycles. The smallest absolute Gasteiger partial charge is 0.244 e. The molecule has 0 bridgehead atoms. The minimum Gasteiger partial charge on any atom is -0.492 e.